The lowest BCUT2D eigenvalue weighted by molar-refractivity contribution is -0.147. The molecule has 2 aliphatic heterocycles. The fourth-order valence-electron chi connectivity index (χ4n) is 4.57. The van der Waals surface area contributed by atoms with Gasteiger partial charge in [-0.25, -0.2) is 4.98 Å². The maximum absolute atomic E-state index is 13.6. The average Bonchev–Trinajstić information content (AvgIpc) is 3.43. The number of benzene rings is 2. The number of nitrogens with zero attached hydrogens (tertiary/aromatic N) is 3. The van der Waals surface area contributed by atoms with E-state index in [1.807, 2.05) is 23.1 Å². The van der Waals surface area contributed by atoms with E-state index in [4.69, 9.17) is 9.47 Å². The Hall–Kier alpha value is -3.27. The Morgan fingerprint density at radius 1 is 1.09 bits per heavy atom. The Labute approximate surface area is 194 Å². The average molecular weight is 474 g/mol. The first-order chi connectivity index (χ1) is 16.4. The number of para-hydroxylation sites is 2. The van der Waals surface area contributed by atoms with E-state index in [1.165, 1.54) is 4.57 Å². The topological polar surface area (TPSA) is 68.6 Å². The summed E-state index contributed by atoms with van der Waals surface area (Å²) in [6.45, 7) is 2.44. The Morgan fingerprint density at radius 3 is 2.65 bits per heavy atom. The second-order valence-electron chi connectivity index (χ2n) is 8.72. The number of carbonyl (C=O) groups is 1. The number of carbonyl (C=O) groups excluding carboxylic acids is 1. The molecule has 1 N–H and O–H groups in total. The number of likely N-dealkylation sites (tertiary alicyclic amines) is 1. The highest BCUT2D eigenvalue weighted by atomic mass is 19.4. The van der Waals surface area contributed by atoms with E-state index in [1.54, 1.807) is 24.3 Å². The molecule has 3 heterocycles. The lowest BCUT2D eigenvalue weighted by Crippen LogP contribution is -2.42. The largest absolute Gasteiger partial charge is 0.454 e. The molecule has 2 aliphatic rings. The zero-order valence-corrected chi connectivity index (χ0v) is 18.5. The van der Waals surface area contributed by atoms with Gasteiger partial charge in [-0.1, -0.05) is 18.2 Å². The van der Waals surface area contributed by atoms with Crippen LogP contribution in [0.5, 0.6) is 11.5 Å². The lowest BCUT2D eigenvalue weighted by atomic mass is 9.96. The summed E-state index contributed by atoms with van der Waals surface area (Å²) in [7, 11) is 0. The summed E-state index contributed by atoms with van der Waals surface area (Å²) >= 11 is 0. The molecule has 180 valence electrons. The first-order valence-electron chi connectivity index (χ1n) is 11.3. The molecule has 1 amide bonds. The fourth-order valence-corrected chi connectivity index (χ4v) is 4.57. The smallest absolute Gasteiger partial charge is 0.449 e. The summed E-state index contributed by atoms with van der Waals surface area (Å²) in [4.78, 5) is 18.3. The van der Waals surface area contributed by atoms with E-state index in [9.17, 15) is 18.0 Å². The lowest BCUT2D eigenvalue weighted by Gasteiger charge is -2.32. The minimum absolute atomic E-state index is 0.0870. The number of amides is 1. The molecule has 3 aromatic rings. The van der Waals surface area contributed by atoms with E-state index >= 15 is 0 Å². The molecule has 7 nitrogen and oxygen atoms in total. The summed E-state index contributed by atoms with van der Waals surface area (Å²) < 4.78 is 52.6. The SMILES string of the molecule is O=C(CN1CCC(Cn2c(C(F)(F)F)nc3ccccc32)CC1)NCc1ccc2c(c1)OCO2. The third kappa shape index (κ3) is 4.82. The van der Waals surface area contributed by atoms with Gasteiger partial charge in [0.25, 0.3) is 0 Å². The molecule has 0 unspecified atom stereocenters. The van der Waals surface area contributed by atoms with Crippen LogP contribution in [0.15, 0.2) is 42.5 Å². The molecule has 1 saturated heterocycles. The van der Waals surface area contributed by atoms with E-state index < -0.39 is 12.0 Å². The van der Waals surface area contributed by atoms with Gasteiger partial charge in [0.2, 0.25) is 18.5 Å². The summed E-state index contributed by atoms with van der Waals surface area (Å²) in [5, 5.41) is 2.91. The third-order valence-corrected chi connectivity index (χ3v) is 6.35. The van der Waals surface area contributed by atoms with E-state index in [2.05, 4.69) is 10.3 Å². The van der Waals surface area contributed by atoms with Crippen molar-refractivity contribution in [3.63, 3.8) is 0 Å². The summed E-state index contributed by atoms with van der Waals surface area (Å²) in [5.41, 5.74) is 1.77. The summed E-state index contributed by atoms with van der Waals surface area (Å²) in [6.07, 6.45) is -3.06. The Kier molecular flexibility index (Phi) is 6.07. The molecular formula is C24H25F3N4O3. The summed E-state index contributed by atoms with van der Waals surface area (Å²) in [5.74, 6) is 0.527. The number of alkyl halides is 3. The van der Waals surface area contributed by atoms with Crippen molar-refractivity contribution in [1.29, 1.82) is 0 Å². The number of rotatable bonds is 6. The van der Waals surface area contributed by atoms with Crippen LogP contribution < -0.4 is 14.8 Å². The molecule has 5 rings (SSSR count). The fraction of sp³-hybridized carbons (Fsp3) is 0.417. The van der Waals surface area contributed by atoms with E-state index in [0.717, 1.165) is 18.4 Å². The van der Waals surface area contributed by atoms with E-state index in [-0.39, 0.29) is 31.7 Å². The predicted octanol–water partition coefficient (Wildman–Crippen LogP) is 3.81. The van der Waals surface area contributed by atoms with Crippen molar-refractivity contribution in [3.8, 4) is 11.5 Å². The van der Waals surface area contributed by atoms with Gasteiger partial charge in [0, 0.05) is 13.1 Å². The normalized spacial score (nSPS) is 16.8. The number of imidazole rings is 1. The highest BCUT2D eigenvalue weighted by Gasteiger charge is 2.38. The van der Waals surface area contributed by atoms with Crippen LogP contribution in [-0.4, -0.2) is 46.8 Å². The van der Waals surface area contributed by atoms with Gasteiger partial charge >= 0.3 is 6.18 Å². The molecule has 0 atom stereocenters. The Morgan fingerprint density at radius 2 is 1.85 bits per heavy atom. The molecule has 0 spiro atoms. The first kappa shape index (κ1) is 22.5. The van der Waals surface area contributed by atoms with Gasteiger partial charge in [0.15, 0.2) is 11.5 Å². The van der Waals surface area contributed by atoms with Crippen molar-refractivity contribution in [1.82, 2.24) is 19.8 Å². The summed E-state index contributed by atoms with van der Waals surface area (Å²) in [6, 6.07) is 12.3. The van der Waals surface area contributed by atoms with Crippen LogP contribution >= 0.6 is 0 Å². The predicted molar refractivity (Wildman–Crippen MR) is 118 cm³/mol. The Bertz CT molecular complexity index is 1190. The van der Waals surface area contributed by atoms with Crippen molar-refractivity contribution in [3.05, 3.63) is 53.9 Å². The molecule has 2 aromatic carbocycles. The number of hydrogen-bond acceptors (Lipinski definition) is 5. The minimum Gasteiger partial charge on any atom is -0.454 e. The van der Waals surface area contributed by atoms with Crippen LogP contribution in [0.1, 0.15) is 24.2 Å². The number of hydrogen-bond donors (Lipinski definition) is 1. The monoisotopic (exact) mass is 474 g/mol. The molecule has 10 heteroatoms. The second-order valence-corrected chi connectivity index (χ2v) is 8.72. The van der Waals surface area contributed by atoms with E-state index in [0.29, 0.717) is 42.2 Å². The van der Waals surface area contributed by atoms with Crippen LogP contribution in [-0.2, 0) is 24.1 Å². The van der Waals surface area contributed by atoms with Crippen LogP contribution in [0.2, 0.25) is 0 Å². The van der Waals surface area contributed by atoms with Crippen LogP contribution in [0, 0.1) is 5.92 Å². The van der Waals surface area contributed by atoms with Crippen LogP contribution in [0.3, 0.4) is 0 Å². The zero-order chi connectivity index (χ0) is 23.7. The first-order valence-corrected chi connectivity index (χ1v) is 11.3. The molecule has 0 saturated carbocycles. The second kappa shape index (κ2) is 9.17. The van der Waals surface area contributed by atoms with Gasteiger partial charge in [-0.3, -0.25) is 9.69 Å². The third-order valence-electron chi connectivity index (χ3n) is 6.35. The van der Waals surface area contributed by atoms with Crippen LogP contribution in [0.25, 0.3) is 11.0 Å². The molecule has 0 bridgehead atoms. The number of aromatic nitrogens is 2. The maximum atomic E-state index is 13.6. The molecule has 0 radical (unpaired) electrons. The van der Waals surface area contributed by atoms with Gasteiger partial charge < -0.3 is 19.4 Å². The van der Waals surface area contributed by atoms with Crippen molar-refractivity contribution >= 4 is 16.9 Å². The number of halogens is 3. The number of ether oxygens (including phenoxy) is 2. The van der Waals surface area contributed by atoms with Crippen molar-refractivity contribution in [2.45, 2.75) is 32.1 Å². The maximum Gasteiger partial charge on any atom is 0.449 e. The molecule has 34 heavy (non-hydrogen) atoms. The van der Waals surface area contributed by atoms with Gasteiger partial charge in [-0.2, -0.15) is 13.2 Å². The van der Waals surface area contributed by atoms with Crippen LogP contribution in [0.4, 0.5) is 13.2 Å². The number of piperidine rings is 1. The van der Waals surface area contributed by atoms with Gasteiger partial charge in [0.1, 0.15) is 0 Å². The minimum atomic E-state index is -4.50. The highest BCUT2D eigenvalue weighted by Crippen LogP contribution is 2.34. The molecular weight excluding hydrogens is 449 g/mol. The number of fused-ring (bicyclic) bond motifs is 2. The van der Waals surface area contributed by atoms with Gasteiger partial charge in [0.05, 0.1) is 17.6 Å². The highest BCUT2D eigenvalue weighted by molar-refractivity contribution is 5.78. The molecule has 1 fully saturated rings. The Balaban J connectivity index is 1.13. The zero-order valence-electron chi connectivity index (χ0n) is 18.5. The van der Waals surface area contributed by atoms with Crippen molar-refractivity contribution < 1.29 is 27.4 Å². The molecule has 0 aliphatic carbocycles. The van der Waals surface area contributed by atoms with Crippen molar-refractivity contribution in [2.24, 2.45) is 5.92 Å². The molecule has 1 aromatic heterocycles. The number of nitrogens with one attached hydrogen (secondary N) is 1. The van der Waals surface area contributed by atoms with Crippen molar-refractivity contribution in [2.75, 3.05) is 26.4 Å². The standard InChI is InChI=1S/C24H25F3N4O3/c25-24(26,27)23-29-18-3-1-2-4-19(18)31(23)13-16-7-9-30(10-8-16)14-22(32)28-12-17-5-6-20-21(11-17)34-15-33-20/h1-6,11,16H,7-10,12-15H2,(H,28,32). The quantitative estimate of drug-likeness (QED) is 0.589. The van der Waals surface area contributed by atoms with Gasteiger partial charge in [-0.05, 0) is 61.7 Å². The van der Waals surface area contributed by atoms with Gasteiger partial charge in [-0.15, -0.1) is 0 Å².